The average molecular weight is 287 g/mol. The molecule has 1 aromatic heterocycles. The molecule has 1 amide bonds. The average Bonchev–Trinajstić information content (AvgIpc) is 2.50. The normalized spacial score (nSPS) is 10.9. The Morgan fingerprint density at radius 3 is 2.90 bits per heavy atom. The highest BCUT2D eigenvalue weighted by Gasteiger charge is 2.13. The van der Waals surface area contributed by atoms with Crippen molar-refractivity contribution >= 4 is 16.8 Å². The van der Waals surface area contributed by atoms with Crippen LogP contribution in [0.25, 0.3) is 10.9 Å². The van der Waals surface area contributed by atoms with Gasteiger partial charge in [-0.05, 0) is 24.1 Å². The van der Waals surface area contributed by atoms with Crippen LogP contribution in [-0.2, 0) is 0 Å². The molecule has 0 saturated carbocycles. The van der Waals surface area contributed by atoms with Crippen molar-refractivity contribution in [1.82, 2.24) is 10.3 Å². The minimum atomic E-state index is -0.145. The molecule has 0 unspecified atom stereocenters. The number of carbonyl (C=O) groups excluding carboxylic acids is 1. The monoisotopic (exact) mass is 287 g/mol. The molecule has 2 rings (SSSR count). The Balaban J connectivity index is 2.37. The fourth-order valence-electron chi connectivity index (χ4n) is 2.00. The van der Waals surface area contributed by atoms with E-state index in [0.29, 0.717) is 42.4 Å². The molecule has 0 aliphatic carbocycles. The van der Waals surface area contributed by atoms with E-state index in [9.17, 15) is 4.79 Å². The third-order valence-electron chi connectivity index (χ3n) is 2.98. The van der Waals surface area contributed by atoms with Crippen molar-refractivity contribution < 1.29 is 9.53 Å². The summed E-state index contributed by atoms with van der Waals surface area (Å²) in [4.78, 5) is 16.5. The van der Waals surface area contributed by atoms with Crippen LogP contribution < -0.4 is 15.8 Å². The second kappa shape index (κ2) is 7.04. The van der Waals surface area contributed by atoms with Crippen LogP contribution in [0, 0.1) is 5.92 Å². The molecule has 0 atom stereocenters. The van der Waals surface area contributed by atoms with Crippen LogP contribution in [0.3, 0.4) is 0 Å². The summed E-state index contributed by atoms with van der Waals surface area (Å²) in [7, 11) is 0. The van der Waals surface area contributed by atoms with Crippen molar-refractivity contribution in [3.05, 3.63) is 36.0 Å². The van der Waals surface area contributed by atoms with Crippen molar-refractivity contribution in [2.45, 2.75) is 13.8 Å². The van der Waals surface area contributed by atoms with Crippen molar-refractivity contribution in [2.75, 3.05) is 19.7 Å². The largest absolute Gasteiger partial charge is 0.491 e. The van der Waals surface area contributed by atoms with Crippen molar-refractivity contribution in [1.29, 1.82) is 0 Å². The van der Waals surface area contributed by atoms with Gasteiger partial charge in [0.15, 0.2) is 0 Å². The zero-order valence-corrected chi connectivity index (χ0v) is 12.4. The number of aromatic nitrogens is 1. The third-order valence-corrected chi connectivity index (χ3v) is 2.98. The highest BCUT2D eigenvalue weighted by molar-refractivity contribution is 6.07. The Morgan fingerprint density at radius 2 is 2.19 bits per heavy atom. The predicted molar refractivity (Wildman–Crippen MR) is 83.5 cm³/mol. The molecule has 2 aromatic rings. The first-order valence-corrected chi connectivity index (χ1v) is 7.12. The zero-order valence-electron chi connectivity index (χ0n) is 12.4. The molecule has 5 heteroatoms. The van der Waals surface area contributed by atoms with Gasteiger partial charge in [0.2, 0.25) is 0 Å². The predicted octanol–water partition coefficient (Wildman–Crippen LogP) is 1.96. The second-order valence-corrected chi connectivity index (χ2v) is 5.26. The minimum Gasteiger partial charge on any atom is -0.491 e. The first kappa shape index (κ1) is 15.3. The summed E-state index contributed by atoms with van der Waals surface area (Å²) in [6.45, 7) is 5.66. The second-order valence-electron chi connectivity index (χ2n) is 5.26. The van der Waals surface area contributed by atoms with Gasteiger partial charge in [-0.15, -0.1) is 0 Å². The fourth-order valence-corrected chi connectivity index (χ4v) is 2.00. The standard InChI is InChI=1S/C16H21N3O2/c1-11(2)10-21-14-6-5-13(16(20)19-9-7-17)12-4-3-8-18-15(12)14/h3-6,8,11H,7,9-10,17H2,1-2H3,(H,19,20). The molecule has 0 radical (unpaired) electrons. The first-order valence-electron chi connectivity index (χ1n) is 7.12. The van der Waals surface area contributed by atoms with E-state index < -0.39 is 0 Å². The van der Waals surface area contributed by atoms with E-state index in [1.54, 1.807) is 18.3 Å². The summed E-state index contributed by atoms with van der Waals surface area (Å²) in [5, 5.41) is 3.56. The Bertz CT molecular complexity index is 626. The maximum absolute atomic E-state index is 12.2. The van der Waals surface area contributed by atoms with Crippen LogP contribution in [0.15, 0.2) is 30.5 Å². The topological polar surface area (TPSA) is 77.2 Å². The number of carbonyl (C=O) groups is 1. The maximum atomic E-state index is 12.2. The Hall–Kier alpha value is -2.14. The molecule has 1 heterocycles. The highest BCUT2D eigenvalue weighted by atomic mass is 16.5. The Labute approximate surface area is 124 Å². The highest BCUT2D eigenvalue weighted by Crippen LogP contribution is 2.27. The zero-order chi connectivity index (χ0) is 15.2. The Morgan fingerprint density at radius 1 is 1.38 bits per heavy atom. The number of amides is 1. The molecular weight excluding hydrogens is 266 g/mol. The number of benzene rings is 1. The van der Waals surface area contributed by atoms with E-state index in [-0.39, 0.29) is 5.91 Å². The molecular formula is C16H21N3O2. The van der Waals surface area contributed by atoms with Gasteiger partial charge >= 0.3 is 0 Å². The number of nitrogens with one attached hydrogen (secondary N) is 1. The maximum Gasteiger partial charge on any atom is 0.252 e. The van der Waals surface area contributed by atoms with Crippen LogP contribution in [-0.4, -0.2) is 30.6 Å². The lowest BCUT2D eigenvalue weighted by molar-refractivity contribution is 0.0956. The fraction of sp³-hybridized carbons (Fsp3) is 0.375. The lowest BCUT2D eigenvalue weighted by atomic mass is 10.1. The van der Waals surface area contributed by atoms with E-state index in [0.717, 1.165) is 5.39 Å². The number of hydrogen-bond donors (Lipinski definition) is 2. The number of nitrogens with two attached hydrogens (primary N) is 1. The molecule has 112 valence electrons. The number of fused-ring (bicyclic) bond motifs is 1. The molecule has 5 nitrogen and oxygen atoms in total. The summed E-state index contributed by atoms with van der Waals surface area (Å²) in [5.74, 6) is 0.986. The van der Waals surface area contributed by atoms with Gasteiger partial charge in [-0.1, -0.05) is 19.9 Å². The van der Waals surface area contributed by atoms with Gasteiger partial charge in [0.25, 0.3) is 5.91 Å². The quantitative estimate of drug-likeness (QED) is 0.851. The van der Waals surface area contributed by atoms with Crippen molar-refractivity contribution in [2.24, 2.45) is 11.7 Å². The summed E-state index contributed by atoms with van der Waals surface area (Å²) >= 11 is 0. The van der Waals surface area contributed by atoms with Gasteiger partial charge in [0.1, 0.15) is 11.3 Å². The van der Waals surface area contributed by atoms with E-state index in [1.807, 2.05) is 12.1 Å². The number of rotatable bonds is 6. The van der Waals surface area contributed by atoms with Crippen LogP contribution in [0.2, 0.25) is 0 Å². The number of hydrogen-bond acceptors (Lipinski definition) is 4. The smallest absolute Gasteiger partial charge is 0.252 e. The van der Waals surface area contributed by atoms with E-state index in [2.05, 4.69) is 24.1 Å². The van der Waals surface area contributed by atoms with Gasteiger partial charge in [-0.2, -0.15) is 0 Å². The van der Waals surface area contributed by atoms with Crippen molar-refractivity contribution in [3.63, 3.8) is 0 Å². The summed E-state index contributed by atoms with van der Waals surface area (Å²) in [6, 6.07) is 7.26. The van der Waals surface area contributed by atoms with E-state index in [1.165, 1.54) is 0 Å². The van der Waals surface area contributed by atoms with Gasteiger partial charge in [-0.3, -0.25) is 9.78 Å². The summed E-state index contributed by atoms with van der Waals surface area (Å²) in [6.07, 6.45) is 1.70. The van der Waals surface area contributed by atoms with Gasteiger partial charge in [0, 0.05) is 30.2 Å². The third kappa shape index (κ3) is 3.70. The Kier molecular flexibility index (Phi) is 5.11. The molecule has 3 N–H and O–H groups in total. The number of ether oxygens (including phenoxy) is 1. The number of nitrogens with zero attached hydrogens (tertiary/aromatic N) is 1. The van der Waals surface area contributed by atoms with Gasteiger partial charge < -0.3 is 15.8 Å². The molecule has 0 fully saturated rings. The lowest BCUT2D eigenvalue weighted by Crippen LogP contribution is -2.29. The molecule has 0 saturated heterocycles. The van der Waals surface area contributed by atoms with Crippen LogP contribution in [0.4, 0.5) is 0 Å². The van der Waals surface area contributed by atoms with Gasteiger partial charge in [-0.25, -0.2) is 0 Å². The van der Waals surface area contributed by atoms with Crippen LogP contribution >= 0.6 is 0 Å². The summed E-state index contributed by atoms with van der Waals surface area (Å²) < 4.78 is 5.78. The summed E-state index contributed by atoms with van der Waals surface area (Å²) in [5.41, 5.74) is 6.71. The molecule has 0 aliphatic heterocycles. The lowest BCUT2D eigenvalue weighted by Gasteiger charge is -2.13. The van der Waals surface area contributed by atoms with E-state index in [4.69, 9.17) is 10.5 Å². The van der Waals surface area contributed by atoms with Crippen molar-refractivity contribution in [3.8, 4) is 5.75 Å². The first-order chi connectivity index (χ1) is 10.1. The van der Waals surface area contributed by atoms with E-state index >= 15 is 0 Å². The minimum absolute atomic E-state index is 0.145. The SMILES string of the molecule is CC(C)COc1ccc(C(=O)NCCN)c2cccnc12. The molecule has 0 aliphatic rings. The molecule has 0 spiro atoms. The van der Waals surface area contributed by atoms with Crippen LogP contribution in [0.5, 0.6) is 5.75 Å². The molecule has 0 bridgehead atoms. The number of pyridine rings is 1. The molecule has 1 aromatic carbocycles. The van der Waals surface area contributed by atoms with Crippen LogP contribution in [0.1, 0.15) is 24.2 Å². The molecule has 21 heavy (non-hydrogen) atoms. The van der Waals surface area contributed by atoms with Gasteiger partial charge in [0.05, 0.1) is 6.61 Å².